The number of nitrogens with zero attached hydrogens (tertiary/aromatic N) is 4. The van der Waals surface area contributed by atoms with Crippen molar-refractivity contribution in [1.29, 1.82) is 0 Å². The van der Waals surface area contributed by atoms with E-state index in [4.69, 9.17) is 5.73 Å². The zero-order valence-corrected chi connectivity index (χ0v) is 10.2. The Kier molecular flexibility index (Phi) is 2.22. The highest BCUT2D eigenvalue weighted by Crippen LogP contribution is 2.39. The largest absolute Gasteiger partial charge is 0.322 e. The Morgan fingerprint density at radius 1 is 1.38 bits per heavy atom. The van der Waals surface area contributed by atoms with E-state index in [-0.39, 0.29) is 6.04 Å². The van der Waals surface area contributed by atoms with Crippen LogP contribution >= 0.6 is 11.3 Å². The second-order valence-corrected chi connectivity index (χ2v) is 5.72. The molecule has 6 heteroatoms. The monoisotopic (exact) mass is 237 g/mol. The third-order valence-electron chi connectivity index (χ3n) is 2.98. The number of hydrogen-bond acceptors (Lipinski definition) is 5. The van der Waals surface area contributed by atoms with Crippen molar-refractivity contribution >= 4 is 16.3 Å². The summed E-state index contributed by atoms with van der Waals surface area (Å²) in [7, 11) is 0. The molecule has 0 bridgehead atoms. The molecule has 0 aromatic carbocycles. The Morgan fingerprint density at radius 2 is 2.12 bits per heavy atom. The standard InChI is InChI=1S/C10H15N5S/c1-5(2)7(11)9-14-15-8(6-3-4-6)12-13-10(15)16-9/h5-7H,3-4,11H2,1-2H3. The van der Waals surface area contributed by atoms with Gasteiger partial charge >= 0.3 is 0 Å². The van der Waals surface area contributed by atoms with E-state index in [0.717, 1.165) is 15.8 Å². The zero-order valence-electron chi connectivity index (χ0n) is 9.42. The Bertz CT molecular complexity index is 510. The summed E-state index contributed by atoms with van der Waals surface area (Å²) in [5.41, 5.74) is 6.09. The lowest BCUT2D eigenvalue weighted by atomic mass is 10.1. The Morgan fingerprint density at radius 3 is 2.75 bits per heavy atom. The SMILES string of the molecule is CC(C)C(N)c1nn2c(C3CC3)nnc2s1. The minimum atomic E-state index is -0.00115. The first-order valence-electron chi connectivity index (χ1n) is 5.64. The topological polar surface area (TPSA) is 69.1 Å². The fraction of sp³-hybridized carbons (Fsp3) is 0.700. The molecule has 1 fully saturated rings. The van der Waals surface area contributed by atoms with Crippen LogP contribution < -0.4 is 5.73 Å². The third kappa shape index (κ3) is 1.53. The van der Waals surface area contributed by atoms with Crippen molar-refractivity contribution in [2.24, 2.45) is 11.7 Å². The number of fused-ring (bicyclic) bond motifs is 1. The highest BCUT2D eigenvalue weighted by Gasteiger charge is 2.30. The summed E-state index contributed by atoms with van der Waals surface area (Å²) in [6.45, 7) is 4.21. The van der Waals surface area contributed by atoms with E-state index in [9.17, 15) is 0 Å². The quantitative estimate of drug-likeness (QED) is 0.882. The van der Waals surface area contributed by atoms with Crippen LogP contribution in [0.1, 0.15) is 49.5 Å². The molecule has 5 nitrogen and oxygen atoms in total. The van der Waals surface area contributed by atoms with Crippen molar-refractivity contribution in [3.8, 4) is 0 Å². The summed E-state index contributed by atoms with van der Waals surface area (Å²) in [5.74, 6) is 1.97. The van der Waals surface area contributed by atoms with Gasteiger partial charge in [-0.15, -0.1) is 10.2 Å². The summed E-state index contributed by atoms with van der Waals surface area (Å²) >= 11 is 1.55. The zero-order chi connectivity index (χ0) is 11.3. The van der Waals surface area contributed by atoms with Gasteiger partial charge in [-0.1, -0.05) is 25.2 Å². The van der Waals surface area contributed by atoms with Crippen LogP contribution in [0.3, 0.4) is 0 Å². The first-order valence-corrected chi connectivity index (χ1v) is 6.46. The molecule has 1 aliphatic rings. The lowest BCUT2D eigenvalue weighted by Crippen LogP contribution is -2.16. The van der Waals surface area contributed by atoms with E-state index in [1.165, 1.54) is 12.8 Å². The van der Waals surface area contributed by atoms with Gasteiger partial charge in [0, 0.05) is 5.92 Å². The average molecular weight is 237 g/mol. The van der Waals surface area contributed by atoms with Crippen LogP contribution in [-0.2, 0) is 0 Å². The molecule has 0 aliphatic heterocycles. The number of rotatable bonds is 3. The molecule has 0 amide bonds. The van der Waals surface area contributed by atoms with E-state index in [1.54, 1.807) is 11.3 Å². The Balaban J connectivity index is 2.02. The van der Waals surface area contributed by atoms with Crippen molar-refractivity contribution in [2.45, 2.75) is 38.6 Å². The highest BCUT2D eigenvalue weighted by atomic mass is 32.1. The Hall–Kier alpha value is -1.01. The minimum absolute atomic E-state index is 0.00115. The number of hydrogen-bond donors (Lipinski definition) is 1. The van der Waals surface area contributed by atoms with Gasteiger partial charge in [0.05, 0.1) is 6.04 Å². The van der Waals surface area contributed by atoms with Crippen molar-refractivity contribution in [3.63, 3.8) is 0 Å². The van der Waals surface area contributed by atoms with Gasteiger partial charge in [-0.05, 0) is 18.8 Å². The van der Waals surface area contributed by atoms with Crippen molar-refractivity contribution in [2.75, 3.05) is 0 Å². The van der Waals surface area contributed by atoms with Gasteiger partial charge in [-0.2, -0.15) is 9.61 Å². The summed E-state index contributed by atoms with van der Waals surface area (Å²) in [6.07, 6.45) is 2.42. The normalized spacial score (nSPS) is 18.5. The lowest BCUT2D eigenvalue weighted by molar-refractivity contribution is 0.506. The van der Waals surface area contributed by atoms with E-state index >= 15 is 0 Å². The maximum atomic E-state index is 6.09. The summed E-state index contributed by atoms with van der Waals surface area (Å²) in [6, 6.07) is -0.00115. The molecule has 0 radical (unpaired) electrons. The molecule has 0 saturated heterocycles. The molecule has 16 heavy (non-hydrogen) atoms. The maximum absolute atomic E-state index is 6.09. The van der Waals surface area contributed by atoms with Crippen LogP contribution in [0.15, 0.2) is 0 Å². The second-order valence-electron chi connectivity index (χ2n) is 4.74. The van der Waals surface area contributed by atoms with Crippen LogP contribution in [0.2, 0.25) is 0 Å². The first-order chi connectivity index (χ1) is 7.66. The van der Waals surface area contributed by atoms with Crippen LogP contribution in [0.25, 0.3) is 4.96 Å². The molecule has 3 rings (SSSR count). The van der Waals surface area contributed by atoms with Crippen LogP contribution in [-0.4, -0.2) is 19.8 Å². The highest BCUT2D eigenvalue weighted by molar-refractivity contribution is 7.16. The number of nitrogens with two attached hydrogens (primary N) is 1. The fourth-order valence-electron chi connectivity index (χ4n) is 1.66. The van der Waals surface area contributed by atoms with Gasteiger partial charge in [0.1, 0.15) is 5.01 Å². The molecular formula is C10H15N5S. The predicted octanol–water partition coefficient (Wildman–Crippen LogP) is 1.72. The smallest absolute Gasteiger partial charge is 0.234 e. The fourth-order valence-corrected chi connectivity index (χ4v) is 2.68. The summed E-state index contributed by atoms with van der Waals surface area (Å²) < 4.78 is 1.87. The predicted molar refractivity (Wildman–Crippen MR) is 62.4 cm³/mol. The van der Waals surface area contributed by atoms with Crippen LogP contribution in [0.4, 0.5) is 0 Å². The van der Waals surface area contributed by atoms with Crippen molar-refractivity contribution in [1.82, 2.24) is 19.8 Å². The third-order valence-corrected chi connectivity index (χ3v) is 3.98. The maximum Gasteiger partial charge on any atom is 0.234 e. The molecule has 1 unspecified atom stereocenters. The molecule has 1 atom stereocenters. The minimum Gasteiger partial charge on any atom is -0.322 e. The summed E-state index contributed by atoms with van der Waals surface area (Å²) in [5, 5.41) is 13.8. The molecule has 2 aromatic rings. The van der Waals surface area contributed by atoms with Gasteiger partial charge < -0.3 is 5.73 Å². The summed E-state index contributed by atoms with van der Waals surface area (Å²) in [4.78, 5) is 0.869. The van der Waals surface area contributed by atoms with Gasteiger partial charge in [0.15, 0.2) is 5.82 Å². The average Bonchev–Trinajstić information content (AvgIpc) is 2.88. The molecule has 0 spiro atoms. The molecule has 1 aliphatic carbocycles. The van der Waals surface area contributed by atoms with Crippen molar-refractivity contribution in [3.05, 3.63) is 10.8 Å². The molecular weight excluding hydrogens is 222 g/mol. The van der Waals surface area contributed by atoms with Crippen molar-refractivity contribution < 1.29 is 0 Å². The molecule has 86 valence electrons. The van der Waals surface area contributed by atoms with Crippen LogP contribution in [0.5, 0.6) is 0 Å². The van der Waals surface area contributed by atoms with E-state index < -0.39 is 0 Å². The van der Waals surface area contributed by atoms with E-state index in [0.29, 0.717) is 11.8 Å². The van der Waals surface area contributed by atoms with Gasteiger partial charge in [-0.25, -0.2) is 0 Å². The van der Waals surface area contributed by atoms with E-state index in [2.05, 4.69) is 29.1 Å². The molecule has 1 saturated carbocycles. The second kappa shape index (κ2) is 3.49. The molecule has 2 heterocycles. The van der Waals surface area contributed by atoms with E-state index in [1.807, 2.05) is 4.52 Å². The van der Waals surface area contributed by atoms with Gasteiger partial charge in [0.25, 0.3) is 0 Å². The van der Waals surface area contributed by atoms with Gasteiger partial charge in [0.2, 0.25) is 4.96 Å². The number of aromatic nitrogens is 4. The van der Waals surface area contributed by atoms with Crippen LogP contribution in [0, 0.1) is 5.92 Å². The molecule has 2 N–H and O–H groups in total. The molecule has 2 aromatic heterocycles. The first kappa shape index (κ1) is 10.2. The Labute approximate surface area is 97.7 Å². The van der Waals surface area contributed by atoms with Gasteiger partial charge in [-0.3, -0.25) is 0 Å². The lowest BCUT2D eigenvalue weighted by Gasteiger charge is -2.10.